The first-order chi connectivity index (χ1) is 12.6. The number of nitro benzene ring substituents is 1. The van der Waals surface area contributed by atoms with Crippen molar-refractivity contribution in [2.24, 2.45) is 0 Å². The van der Waals surface area contributed by atoms with Crippen LogP contribution in [0.5, 0.6) is 0 Å². The summed E-state index contributed by atoms with van der Waals surface area (Å²) in [7, 11) is 0. The first-order valence-corrected chi connectivity index (χ1v) is 7.34. The minimum atomic E-state index is -4.88. The summed E-state index contributed by atoms with van der Waals surface area (Å²) >= 11 is 0. The summed E-state index contributed by atoms with van der Waals surface area (Å²) in [6.07, 6.45) is -4.88. The molecule has 0 aliphatic rings. The molecular weight excluding hydrogens is 374 g/mol. The molecule has 0 fully saturated rings. The Bertz CT molecular complexity index is 1080. The second-order valence-electron chi connectivity index (χ2n) is 5.43. The highest BCUT2D eigenvalue weighted by atomic mass is 19.4. The Morgan fingerprint density at radius 2 is 1.85 bits per heavy atom. The lowest BCUT2D eigenvalue weighted by Gasteiger charge is -2.09. The van der Waals surface area contributed by atoms with Crippen LogP contribution in [0, 0.1) is 15.9 Å². The zero-order chi connectivity index (χ0) is 19.8. The fourth-order valence-corrected chi connectivity index (χ4v) is 2.31. The Morgan fingerprint density at radius 3 is 2.44 bits per heavy atom. The number of benzene rings is 2. The fourth-order valence-electron chi connectivity index (χ4n) is 2.31. The van der Waals surface area contributed by atoms with Gasteiger partial charge in [-0.25, -0.2) is 4.39 Å². The summed E-state index contributed by atoms with van der Waals surface area (Å²) < 4.78 is 56.7. The molecule has 7 nitrogen and oxygen atoms in total. The van der Waals surface area contributed by atoms with Crippen molar-refractivity contribution in [2.45, 2.75) is 12.7 Å². The van der Waals surface area contributed by atoms with Crippen LogP contribution < -0.4 is 10.9 Å². The molecule has 3 rings (SSSR count). The molecule has 0 bridgehead atoms. The van der Waals surface area contributed by atoms with Crippen molar-refractivity contribution in [1.82, 2.24) is 4.98 Å². The maximum Gasteiger partial charge on any atom is 0.416 e. The minimum absolute atomic E-state index is 0.0379. The average Bonchev–Trinajstić information content (AvgIpc) is 2.59. The molecule has 1 heterocycles. The van der Waals surface area contributed by atoms with Crippen LogP contribution in [0.1, 0.15) is 11.1 Å². The van der Waals surface area contributed by atoms with Crippen molar-refractivity contribution in [3.8, 4) is 0 Å². The zero-order valence-electron chi connectivity index (χ0n) is 13.2. The van der Waals surface area contributed by atoms with E-state index >= 15 is 0 Å². The van der Waals surface area contributed by atoms with Crippen LogP contribution in [0.4, 0.5) is 29.3 Å². The van der Waals surface area contributed by atoms with Crippen molar-refractivity contribution in [1.29, 1.82) is 0 Å². The molecule has 11 heteroatoms. The third-order valence-corrected chi connectivity index (χ3v) is 3.58. The van der Waals surface area contributed by atoms with Crippen LogP contribution >= 0.6 is 0 Å². The summed E-state index contributed by atoms with van der Waals surface area (Å²) in [6.45, 7) is 0.0379. The van der Waals surface area contributed by atoms with Crippen molar-refractivity contribution in [3.63, 3.8) is 0 Å². The Labute approximate surface area is 147 Å². The highest BCUT2D eigenvalue weighted by molar-refractivity contribution is 5.86. The fraction of sp³-hybridized carbons (Fsp3) is 0.125. The van der Waals surface area contributed by atoms with Crippen molar-refractivity contribution < 1.29 is 26.9 Å². The summed E-state index contributed by atoms with van der Waals surface area (Å²) in [6, 6.07) is 5.60. The molecule has 3 aromatic rings. The van der Waals surface area contributed by atoms with Gasteiger partial charge in [-0.05, 0) is 23.8 Å². The average molecular weight is 383 g/mol. The molecule has 0 spiro atoms. The van der Waals surface area contributed by atoms with E-state index in [0.29, 0.717) is 11.6 Å². The van der Waals surface area contributed by atoms with E-state index in [1.165, 1.54) is 24.3 Å². The second-order valence-corrected chi connectivity index (χ2v) is 5.43. The van der Waals surface area contributed by atoms with Crippen molar-refractivity contribution in [3.05, 3.63) is 73.8 Å². The molecule has 0 unspecified atom stereocenters. The van der Waals surface area contributed by atoms with Crippen LogP contribution in [-0.2, 0) is 12.7 Å². The van der Waals surface area contributed by atoms with Crippen molar-refractivity contribution in [2.75, 3.05) is 5.32 Å². The van der Waals surface area contributed by atoms with E-state index in [2.05, 4.69) is 10.3 Å². The SMILES string of the molecule is O=c1nc(NCc2ccc(F)cc2)oc2c([N+](=O)[O-])cc(C(F)(F)F)cc12. The van der Waals surface area contributed by atoms with Crippen LogP contribution in [-0.4, -0.2) is 9.91 Å². The normalized spacial score (nSPS) is 11.6. The lowest BCUT2D eigenvalue weighted by molar-refractivity contribution is -0.383. The molecule has 0 atom stereocenters. The minimum Gasteiger partial charge on any atom is -0.418 e. The van der Waals surface area contributed by atoms with E-state index < -0.39 is 50.7 Å². The number of halogens is 4. The van der Waals surface area contributed by atoms with Gasteiger partial charge in [0.15, 0.2) is 0 Å². The number of aromatic nitrogens is 1. The molecule has 0 aliphatic carbocycles. The Morgan fingerprint density at radius 1 is 1.19 bits per heavy atom. The van der Waals surface area contributed by atoms with E-state index in [1.807, 2.05) is 0 Å². The quantitative estimate of drug-likeness (QED) is 0.417. The van der Waals surface area contributed by atoms with Crippen LogP contribution in [0.15, 0.2) is 45.6 Å². The number of non-ortho nitro benzene ring substituents is 1. The maximum absolute atomic E-state index is 12.9. The molecule has 0 saturated carbocycles. The van der Waals surface area contributed by atoms with Crippen LogP contribution in [0.25, 0.3) is 11.0 Å². The number of anilines is 1. The van der Waals surface area contributed by atoms with Gasteiger partial charge in [0.25, 0.3) is 11.6 Å². The molecule has 1 aromatic heterocycles. The monoisotopic (exact) mass is 383 g/mol. The first kappa shape index (κ1) is 18.3. The highest BCUT2D eigenvalue weighted by Crippen LogP contribution is 2.35. The molecule has 0 radical (unpaired) electrons. The molecule has 27 heavy (non-hydrogen) atoms. The Hall–Kier alpha value is -3.50. The van der Waals surface area contributed by atoms with Gasteiger partial charge in [-0.3, -0.25) is 14.9 Å². The lowest BCUT2D eigenvalue weighted by atomic mass is 10.1. The third kappa shape index (κ3) is 3.86. The lowest BCUT2D eigenvalue weighted by Crippen LogP contribution is -2.14. The molecule has 2 aromatic carbocycles. The van der Waals surface area contributed by atoms with Gasteiger partial charge in [-0.15, -0.1) is 0 Å². The smallest absolute Gasteiger partial charge is 0.416 e. The highest BCUT2D eigenvalue weighted by Gasteiger charge is 2.34. The second kappa shape index (κ2) is 6.67. The summed E-state index contributed by atoms with van der Waals surface area (Å²) in [5.74, 6) is -0.454. The topological polar surface area (TPSA) is 98.3 Å². The van der Waals surface area contributed by atoms with E-state index in [1.54, 1.807) is 0 Å². The zero-order valence-corrected chi connectivity index (χ0v) is 13.2. The summed E-state index contributed by atoms with van der Waals surface area (Å²) in [5, 5.41) is 13.0. The predicted molar refractivity (Wildman–Crippen MR) is 85.7 cm³/mol. The largest absolute Gasteiger partial charge is 0.418 e. The van der Waals surface area contributed by atoms with Crippen LogP contribution in [0.2, 0.25) is 0 Å². The van der Waals surface area contributed by atoms with Gasteiger partial charge >= 0.3 is 11.9 Å². The van der Waals surface area contributed by atoms with Gasteiger partial charge in [0.1, 0.15) is 5.82 Å². The standard InChI is InChI=1S/C16H9F4N3O4/c17-10-3-1-8(2-4-10)7-21-15-22-14(24)11-5-9(16(18,19)20)6-12(23(25)26)13(11)27-15/h1-6H,7H2,(H,21,22,24). The number of alkyl halides is 3. The number of nitro groups is 1. The molecular formula is C16H9F4N3O4. The predicted octanol–water partition coefficient (Wildman–Crippen LogP) is 3.87. The Kier molecular flexibility index (Phi) is 4.52. The van der Waals surface area contributed by atoms with Gasteiger partial charge in [-0.1, -0.05) is 12.1 Å². The number of hydrogen-bond donors (Lipinski definition) is 1. The first-order valence-electron chi connectivity index (χ1n) is 7.34. The van der Waals surface area contributed by atoms with Crippen molar-refractivity contribution >= 4 is 22.7 Å². The molecule has 140 valence electrons. The summed E-state index contributed by atoms with van der Waals surface area (Å²) in [4.78, 5) is 25.6. The maximum atomic E-state index is 12.9. The van der Waals surface area contributed by atoms with E-state index in [9.17, 15) is 32.5 Å². The van der Waals surface area contributed by atoms with Gasteiger partial charge in [0.05, 0.1) is 15.9 Å². The number of rotatable bonds is 4. The number of nitrogens with one attached hydrogen (secondary N) is 1. The van der Waals surface area contributed by atoms with Gasteiger partial charge in [0.2, 0.25) is 5.58 Å². The molecule has 1 N–H and O–H groups in total. The Balaban J connectivity index is 2.04. The molecule has 0 amide bonds. The number of fused-ring (bicyclic) bond motifs is 1. The molecule has 0 saturated heterocycles. The van der Waals surface area contributed by atoms with E-state index in [4.69, 9.17) is 4.42 Å². The summed E-state index contributed by atoms with van der Waals surface area (Å²) in [5.41, 5.74) is -3.53. The number of nitrogens with zero attached hydrogens (tertiary/aromatic N) is 2. The van der Waals surface area contributed by atoms with Gasteiger partial charge < -0.3 is 9.73 Å². The van der Waals surface area contributed by atoms with Gasteiger partial charge in [0, 0.05) is 12.6 Å². The van der Waals surface area contributed by atoms with E-state index in [0.717, 1.165) is 0 Å². The molecule has 0 aliphatic heterocycles. The third-order valence-electron chi connectivity index (χ3n) is 3.58. The number of hydrogen-bond acceptors (Lipinski definition) is 6. The van der Waals surface area contributed by atoms with Gasteiger partial charge in [-0.2, -0.15) is 18.2 Å². The van der Waals surface area contributed by atoms with Crippen LogP contribution in [0.3, 0.4) is 0 Å². The van der Waals surface area contributed by atoms with E-state index in [-0.39, 0.29) is 12.6 Å².